The zero-order chi connectivity index (χ0) is 26.1. The van der Waals surface area contributed by atoms with E-state index >= 15 is 0 Å². The van der Waals surface area contributed by atoms with E-state index in [1.165, 1.54) is 30.5 Å². The van der Waals surface area contributed by atoms with Crippen LogP contribution in [-0.2, 0) is 20.7 Å². The summed E-state index contributed by atoms with van der Waals surface area (Å²) in [6.45, 7) is 11.9. The second-order valence-corrected chi connectivity index (χ2v) is 10.5. The highest BCUT2D eigenvalue weighted by molar-refractivity contribution is 5.80. The molecular formula is C30H42N2O4. The van der Waals surface area contributed by atoms with Gasteiger partial charge in [-0.2, -0.15) is 0 Å². The van der Waals surface area contributed by atoms with Crippen molar-refractivity contribution in [1.29, 1.82) is 0 Å². The molecule has 0 aliphatic carbocycles. The zero-order valence-electron chi connectivity index (χ0n) is 22.5. The van der Waals surface area contributed by atoms with Crippen LogP contribution >= 0.6 is 0 Å². The van der Waals surface area contributed by atoms with Crippen LogP contribution in [0.25, 0.3) is 0 Å². The van der Waals surface area contributed by atoms with Crippen LogP contribution < -0.4 is 15.0 Å². The summed E-state index contributed by atoms with van der Waals surface area (Å²) in [7, 11) is 0. The Bertz CT molecular complexity index is 1010. The van der Waals surface area contributed by atoms with E-state index in [4.69, 9.17) is 9.47 Å². The number of benzene rings is 2. The maximum atomic E-state index is 13.2. The number of nitrogens with one attached hydrogen (secondary N) is 1. The first-order valence-electron chi connectivity index (χ1n) is 13.3. The summed E-state index contributed by atoms with van der Waals surface area (Å²) in [6, 6.07) is 15.8. The van der Waals surface area contributed by atoms with E-state index in [-0.39, 0.29) is 18.4 Å². The van der Waals surface area contributed by atoms with Crippen molar-refractivity contribution in [3.63, 3.8) is 0 Å². The van der Waals surface area contributed by atoms with Gasteiger partial charge in [-0.1, -0.05) is 44.2 Å². The normalized spacial score (nSPS) is 14.9. The minimum absolute atomic E-state index is 0.0316. The molecule has 36 heavy (non-hydrogen) atoms. The third kappa shape index (κ3) is 7.74. The number of carbonyl (C=O) groups is 2. The van der Waals surface area contributed by atoms with Gasteiger partial charge in [-0.25, -0.2) is 4.79 Å². The molecule has 6 nitrogen and oxygen atoms in total. The molecule has 3 rings (SSSR count). The first-order chi connectivity index (χ1) is 17.2. The molecule has 1 amide bonds. The van der Waals surface area contributed by atoms with Gasteiger partial charge in [-0.05, 0) is 81.7 Å². The molecule has 1 heterocycles. The molecule has 0 radical (unpaired) electrons. The number of hydrogen-bond acceptors (Lipinski definition) is 5. The Balaban J connectivity index is 1.73. The fraction of sp³-hybridized carbons (Fsp3) is 0.533. The molecule has 0 bridgehead atoms. The summed E-state index contributed by atoms with van der Waals surface area (Å²) in [5, 5.41) is 3.31. The van der Waals surface area contributed by atoms with E-state index in [1.807, 2.05) is 18.2 Å². The number of carbonyl (C=O) groups excluding carboxylic acids is 2. The molecule has 0 saturated carbocycles. The van der Waals surface area contributed by atoms with Gasteiger partial charge >= 0.3 is 5.97 Å². The summed E-state index contributed by atoms with van der Waals surface area (Å²) >= 11 is 0. The van der Waals surface area contributed by atoms with E-state index in [2.05, 4.69) is 48.3 Å². The first kappa shape index (κ1) is 27.6. The monoisotopic (exact) mass is 494 g/mol. The third-order valence-electron chi connectivity index (χ3n) is 6.45. The topological polar surface area (TPSA) is 67.9 Å². The van der Waals surface area contributed by atoms with Crippen molar-refractivity contribution in [2.24, 2.45) is 5.92 Å². The summed E-state index contributed by atoms with van der Waals surface area (Å²) in [5.41, 5.74) is 2.14. The van der Waals surface area contributed by atoms with E-state index in [0.29, 0.717) is 18.3 Å². The Hall–Kier alpha value is -3.02. The van der Waals surface area contributed by atoms with Crippen molar-refractivity contribution in [1.82, 2.24) is 5.32 Å². The van der Waals surface area contributed by atoms with Crippen LogP contribution in [0.2, 0.25) is 0 Å². The number of piperidine rings is 1. The maximum Gasteiger partial charge on any atom is 0.349 e. The summed E-state index contributed by atoms with van der Waals surface area (Å²) in [5.74, 6) is 0.520. The Kier molecular flexibility index (Phi) is 9.80. The lowest BCUT2D eigenvalue weighted by Gasteiger charge is -2.33. The highest BCUT2D eigenvalue weighted by Gasteiger charge is 2.31. The van der Waals surface area contributed by atoms with Crippen LogP contribution in [-0.4, -0.2) is 37.2 Å². The van der Waals surface area contributed by atoms with Gasteiger partial charge in [0, 0.05) is 18.8 Å². The molecule has 0 aromatic heterocycles. The first-order valence-corrected chi connectivity index (χ1v) is 13.3. The Morgan fingerprint density at radius 3 is 2.44 bits per heavy atom. The number of anilines is 1. The van der Waals surface area contributed by atoms with Gasteiger partial charge < -0.3 is 19.7 Å². The van der Waals surface area contributed by atoms with Gasteiger partial charge in [-0.3, -0.25) is 4.79 Å². The molecule has 1 unspecified atom stereocenters. The minimum Gasteiger partial charge on any atom is -0.476 e. The van der Waals surface area contributed by atoms with Crippen LogP contribution in [0.1, 0.15) is 77.5 Å². The minimum atomic E-state index is -1.11. The molecule has 6 heteroatoms. The smallest absolute Gasteiger partial charge is 0.349 e. The Labute approximate surface area is 216 Å². The quantitative estimate of drug-likeness (QED) is 0.397. The Morgan fingerprint density at radius 1 is 1.03 bits per heavy atom. The average Bonchev–Trinajstić information content (AvgIpc) is 2.84. The lowest BCUT2D eigenvalue weighted by molar-refractivity contribution is -0.158. The molecule has 2 aromatic rings. The number of rotatable bonds is 11. The summed E-state index contributed by atoms with van der Waals surface area (Å²) in [4.78, 5) is 27.9. The lowest BCUT2D eigenvalue weighted by atomic mass is 9.94. The van der Waals surface area contributed by atoms with Gasteiger partial charge in [0.25, 0.3) is 0 Å². The van der Waals surface area contributed by atoms with E-state index in [1.54, 1.807) is 26.8 Å². The summed E-state index contributed by atoms with van der Waals surface area (Å²) < 4.78 is 11.0. The molecule has 1 saturated heterocycles. The maximum absolute atomic E-state index is 13.2. The van der Waals surface area contributed by atoms with Crippen molar-refractivity contribution < 1.29 is 19.1 Å². The van der Waals surface area contributed by atoms with Crippen molar-refractivity contribution >= 4 is 17.6 Å². The van der Waals surface area contributed by atoms with E-state index in [0.717, 1.165) is 25.1 Å². The predicted octanol–water partition coefficient (Wildman–Crippen LogP) is 5.84. The van der Waals surface area contributed by atoms with E-state index < -0.39 is 11.6 Å². The lowest BCUT2D eigenvalue weighted by Crippen LogP contribution is -2.39. The van der Waals surface area contributed by atoms with Gasteiger partial charge in [0.05, 0.1) is 19.1 Å². The predicted molar refractivity (Wildman–Crippen MR) is 144 cm³/mol. The molecule has 1 N–H and O–H groups in total. The van der Waals surface area contributed by atoms with Gasteiger partial charge in [0.1, 0.15) is 5.75 Å². The van der Waals surface area contributed by atoms with Crippen LogP contribution in [0.4, 0.5) is 5.69 Å². The zero-order valence-corrected chi connectivity index (χ0v) is 22.5. The van der Waals surface area contributed by atoms with Crippen LogP contribution in [0, 0.1) is 5.92 Å². The molecule has 1 atom stereocenters. The molecule has 2 aromatic carbocycles. The largest absolute Gasteiger partial charge is 0.476 e. The molecule has 1 aliphatic rings. The highest BCUT2D eigenvalue weighted by atomic mass is 16.6. The van der Waals surface area contributed by atoms with Crippen LogP contribution in [0.5, 0.6) is 5.75 Å². The fourth-order valence-corrected chi connectivity index (χ4v) is 4.73. The molecule has 1 fully saturated rings. The SMILES string of the molecule is CCOC(=O)C(C)(C)Oc1cccc(CC(=O)NC(CC(C)C)c2ccccc2N2CCCCC2)c1. The molecule has 196 valence electrons. The number of esters is 1. The number of ether oxygens (including phenoxy) is 2. The number of amides is 1. The number of hydrogen-bond donors (Lipinski definition) is 1. The Morgan fingerprint density at radius 2 is 1.75 bits per heavy atom. The van der Waals surface area contributed by atoms with Crippen molar-refractivity contribution in [2.75, 3.05) is 24.6 Å². The van der Waals surface area contributed by atoms with Crippen molar-refractivity contribution in [2.45, 2.75) is 78.4 Å². The van der Waals surface area contributed by atoms with Gasteiger partial charge in [-0.15, -0.1) is 0 Å². The summed E-state index contributed by atoms with van der Waals surface area (Å²) in [6.07, 6.45) is 4.80. The second-order valence-electron chi connectivity index (χ2n) is 10.5. The average molecular weight is 495 g/mol. The van der Waals surface area contributed by atoms with Crippen molar-refractivity contribution in [3.05, 3.63) is 59.7 Å². The molecule has 1 aliphatic heterocycles. The second kappa shape index (κ2) is 12.8. The van der Waals surface area contributed by atoms with Crippen molar-refractivity contribution in [3.8, 4) is 5.75 Å². The van der Waals surface area contributed by atoms with Gasteiger partial charge in [0.15, 0.2) is 5.60 Å². The standard InChI is InChI=1S/C30H42N2O4/c1-6-35-29(34)30(4,5)36-24-14-12-13-23(20-24)21-28(33)31-26(19-22(2)3)25-15-8-9-16-27(25)32-17-10-7-11-18-32/h8-9,12-16,20,22,26H,6-7,10-11,17-19,21H2,1-5H3,(H,31,33). The van der Waals surface area contributed by atoms with Crippen LogP contribution in [0.3, 0.4) is 0 Å². The van der Waals surface area contributed by atoms with Crippen LogP contribution in [0.15, 0.2) is 48.5 Å². The molecule has 0 spiro atoms. The highest BCUT2D eigenvalue weighted by Crippen LogP contribution is 2.32. The molecular weight excluding hydrogens is 452 g/mol. The van der Waals surface area contributed by atoms with Gasteiger partial charge in [0.2, 0.25) is 5.91 Å². The van der Waals surface area contributed by atoms with E-state index in [9.17, 15) is 9.59 Å². The fourth-order valence-electron chi connectivity index (χ4n) is 4.73. The number of para-hydroxylation sites is 1. The third-order valence-corrected chi connectivity index (χ3v) is 6.45. The number of nitrogens with zero attached hydrogens (tertiary/aromatic N) is 1.